The van der Waals surface area contributed by atoms with Crippen molar-refractivity contribution in [1.29, 1.82) is 0 Å². The molecule has 0 saturated carbocycles. The van der Waals surface area contributed by atoms with Gasteiger partial charge >= 0.3 is 0 Å². The summed E-state index contributed by atoms with van der Waals surface area (Å²) in [6.45, 7) is -0.0869. The van der Waals surface area contributed by atoms with Crippen molar-refractivity contribution in [3.63, 3.8) is 0 Å². The number of nitrogens with one attached hydrogen (secondary N) is 1. The topological polar surface area (TPSA) is 72.2 Å². The number of anilines is 1. The van der Waals surface area contributed by atoms with Gasteiger partial charge in [-0.3, -0.25) is 0 Å². The molecule has 0 spiro atoms. The number of halogens is 2. The molecule has 3 N–H and O–H groups in total. The van der Waals surface area contributed by atoms with E-state index in [4.69, 9.17) is 5.73 Å². The first-order valence-corrected chi connectivity index (χ1v) is 7.16. The SMILES string of the molecule is Nc1cccc(F)c1S(=O)(=O)NCc1ccc(F)cc1. The van der Waals surface area contributed by atoms with E-state index in [2.05, 4.69) is 4.72 Å². The van der Waals surface area contributed by atoms with Crippen LogP contribution in [-0.4, -0.2) is 8.42 Å². The smallest absolute Gasteiger partial charge is 0.245 e. The molecule has 0 aliphatic carbocycles. The van der Waals surface area contributed by atoms with E-state index in [9.17, 15) is 17.2 Å². The van der Waals surface area contributed by atoms with E-state index in [1.807, 2.05) is 0 Å². The molecule has 0 atom stereocenters. The van der Waals surface area contributed by atoms with Gasteiger partial charge in [-0.25, -0.2) is 21.9 Å². The van der Waals surface area contributed by atoms with Crippen molar-refractivity contribution in [2.75, 3.05) is 5.73 Å². The minimum Gasteiger partial charge on any atom is -0.398 e. The lowest BCUT2D eigenvalue weighted by Crippen LogP contribution is -2.25. The molecule has 20 heavy (non-hydrogen) atoms. The van der Waals surface area contributed by atoms with Crippen LogP contribution in [0.1, 0.15) is 5.56 Å². The lowest BCUT2D eigenvalue weighted by atomic mass is 10.2. The van der Waals surface area contributed by atoms with E-state index in [-0.39, 0.29) is 12.2 Å². The fourth-order valence-electron chi connectivity index (χ4n) is 1.66. The second-order valence-corrected chi connectivity index (χ2v) is 5.81. The summed E-state index contributed by atoms with van der Waals surface area (Å²) < 4.78 is 52.5. The highest BCUT2D eigenvalue weighted by Gasteiger charge is 2.21. The Balaban J connectivity index is 2.22. The highest BCUT2D eigenvalue weighted by atomic mass is 32.2. The Morgan fingerprint density at radius 1 is 1.05 bits per heavy atom. The second kappa shape index (κ2) is 5.56. The Labute approximate surface area is 115 Å². The van der Waals surface area contributed by atoms with Crippen LogP contribution >= 0.6 is 0 Å². The van der Waals surface area contributed by atoms with E-state index in [1.165, 1.54) is 36.4 Å². The summed E-state index contributed by atoms with van der Waals surface area (Å²) >= 11 is 0. The van der Waals surface area contributed by atoms with Crippen LogP contribution in [0.4, 0.5) is 14.5 Å². The molecule has 106 valence electrons. The largest absolute Gasteiger partial charge is 0.398 e. The summed E-state index contributed by atoms with van der Waals surface area (Å²) in [5, 5.41) is 0. The van der Waals surface area contributed by atoms with Gasteiger partial charge in [-0.15, -0.1) is 0 Å². The molecule has 2 aromatic rings. The van der Waals surface area contributed by atoms with Gasteiger partial charge in [-0.1, -0.05) is 18.2 Å². The zero-order valence-corrected chi connectivity index (χ0v) is 11.1. The van der Waals surface area contributed by atoms with Crippen molar-refractivity contribution in [2.24, 2.45) is 0 Å². The van der Waals surface area contributed by atoms with Crippen molar-refractivity contribution in [2.45, 2.75) is 11.4 Å². The average Bonchev–Trinajstić information content (AvgIpc) is 2.37. The molecule has 0 amide bonds. The van der Waals surface area contributed by atoms with E-state index in [0.29, 0.717) is 5.56 Å². The summed E-state index contributed by atoms with van der Waals surface area (Å²) in [6, 6.07) is 8.93. The van der Waals surface area contributed by atoms with Crippen molar-refractivity contribution in [3.05, 3.63) is 59.7 Å². The summed E-state index contributed by atoms with van der Waals surface area (Å²) in [6.07, 6.45) is 0. The Morgan fingerprint density at radius 2 is 1.70 bits per heavy atom. The molecule has 0 bridgehead atoms. The normalized spacial score (nSPS) is 11.5. The molecular formula is C13H12F2N2O2S. The van der Waals surface area contributed by atoms with Gasteiger partial charge in [-0.05, 0) is 29.8 Å². The van der Waals surface area contributed by atoms with E-state index >= 15 is 0 Å². The average molecular weight is 298 g/mol. The minimum atomic E-state index is -4.07. The highest BCUT2D eigenvalue weighted by molar-refractivity contribution is 7.89. The summed E-state index contributed by atoms with van der Waals surface area (Å²) in [7, 11) is -4.07. The summed E-state index contributed by atoms with van der Waals surface area (Å²) in [4.78, 5) is -0.581. The van der Waals surface area contributed by atoms with Gasteiger partial charge in [0.25, 0.3) is 0 Å². The zero-order valence-electron chi connectivity index (χ0n) is 10.3. The van der Waals surface area contributed by atoms with Gasteiger partial charge in [0.2, 0.25) is 10.0 Å². The van der Waals surface area contributed by atoms with Gasteiger partial charge in [0, 0.05) is 6.54 Å². The third-order valence-corrected chi connectivity index (χ3v) is 4.14. The van der Waals surface area contributed by atoms with Crippen LogP contribution in [0.3, 0.4) is 0 Å². The predicted molar refractivity (Wildman–Crippen MR) is 71.2 cm³/mol. The summed E-state index contributed by atoms with van der Waals surface area (Å²) in [5.74, 6) is -1.34. The molecule has 2 aromatic carbocycles. The first-order chi connectivity index (χ1) is 9.40. The number of benzene rings is 2. The van der Waals surface area contributed by atoms with Crippen LogP contribution in [0.2, 0.25) is 0 Å². The Bertz CT molecular complexity index is 695. The number of sulfonamides is 1. The molecule has 4 nitrogen and oxygen atoms in total. The fourth-order valence-corrected chi connectivity index (χ4v) is 2.87. The Morgan fingerprint density at radius 3 is 2.30 bits per heavy atom. The molecule has 0 fully saturated rings. The molecule has 0 heterocycles. The minimum absolute atomic E-state index is 0.0869. The molecule has 0 unspecified atom stereocenters. The number of nitrogens with two attached hydrogens (primary N) is 1. The molecule has 0 aliphatic rings. The lowest BCUT2D eigenvalue weighted by molar-refractivity contribution is 0.558. The van der Waals surface area contributed by atoms with Crippen molar-refractivity contribution in [1.82, 2.24) is 4.72 Å². The maximum Gasteiger partial charge on any atom is 0.245 e. The van der Waals surface area contributed by atoms with Crippen molar-refractivity contribution >= 4 is 15.7 Å². The number of hydrogen-bond acceptors (Lipinski definition) is 3. The highest BCUT2D eigenvalue weighted by Crippen LogP contribution is 2.21. The van der Waals surface area contributed by atoms with Gasteiger partial charge in [-0.2, -0.15) is 0 Å². The fraction of sp³-hybridized carbons (Fsp3) is 0.0769. The Hall–Kier alpha value is -1.99. The van der Waals surface area contributed by atoms with Gasteiger partial charge in [0.05, 0.1) is 5.69 Å². The maximum absolute atomic E-state index is 13.6. The molecule has 0 aromatic heterocycles. The quantitative estimate of drug-likeness (QED) is 0.848. The van der Waals surface area contributed by atoms with Crippen LogP contribution in [0.15, 0.2) is 47.4 Å². The van der Waals surface area contributed by atoms with Crippen LogP contribution in [-0.2, 0) is 16.6 Å². The van der Waals surface area contributed by atoms with E-state index in [1.54, 1.807) is 0 Å². The second-order valence-electron chi connectivity index (χ2n) is 4.11. The van der Waals surface area contributed by atoms with Crippen LogP contribution in [0.25, 0.3) is 0 Å². The molecule has 2 rings (SSSR count). The molecular weight excluding hydrogens is 286 g/mol. The monoisotopic (exact) mass is 298 g/mol. The first-order valence-electron chi connectivity index (χ1n) is 5.68. The van der Waals surface area contributed by atoms with Gasteiger partial charge in [0.15, 0.2) is 0 Å². The molecule has 0 saturated heterocycles. The maximum atomic E-state index is 13.6. The third kappa shape index (κ3) is 3.12. The van der Waals surface area contributed by atoms with E-state index < -0.39 is 26.6 Å². The van der Waals surface area contributed by atoms with Crippen molar-refractivity contribution in [3.8, 4) is 0 Å². The van der Waals surface area contributed by atoms with E-state index in [0.717, 1.165) is 6.07 Å². The van der Waals surface area contributed by atoms with Gasteiger partial charge in [0.1, 0.15) is 16.5 Å². The standard InChI is InChI=1S/C13H12F2N2O2S/c14-10-6-4-9(5-7-10)8-17-20(18,19)13-11(15)2-1-3-12(13)16/h1-7,17H,8,16H2. The Kier molecular flexibility index (Phi) is 4.01. The predicted octanol–water partition coefficient (Wildman–Crippen LogP) is 2.03. The third-order valence-electron chi connectivity index (χ3n) is 2.65. The van der Waals surface area contributed by atoms with Gasteiger partial charge < -0.3 is 5.73 Å². The number of rotatable bonds is 4. The number of hydrogen-bond donors (Lipinski definition) is 2. The molecule has 7 heteroatoms. The number of nitrogen functional groups attached to an aromatic ring is 1. The van der Waals surface area contributed by atoms with Crippen LogP contribution < -0.4 is 10.5 Å². The molecule has 0 aliphatic heterocycles. The van der Waals surface area contributed by atoms with Crippen molar-refractivity contribution < 1.29 is 17.2 Å². The molecule has 0 radical (unpaired) electrons. The van der Waals surface area contributed by atoms with Crippen LogP contribution in [0.5, 0.6) is 0 Å². The summed E-state index contributed by atoms with van der Waals surface area (Å²) in [5.41, 5.74) is 5.86. The lowest BCUT2D eigenvalue weighted by Gasteiger charge is -2.10. The van der Waals surface area contributed by atoms with Crippen LogP contribution in [0, 0.1) is 11.6 Å². The zero-order chi connectivity index (χ0) is 14.8. The first kappa shape index (κ1) is 14.4.